The van der Waals surface area contributed by atoms with Crippen molar-refractivity contribution in [1.82, 2.24) is 0 Å². The lowest BCUT2D eigenvalue weighted by atomic mass is 9.83. The Labute approximate surface area is 169 Å². The van der Waals surface area contributed by atoms with Gasteiger partial charge in [-0.3, -0.25) is 0 Å². The van der Waals surface area contributed by atoms with Crippen molar-refractivity contribution in [3.8, 4) is 16.9 Å². The van der Waals surface area contributed by atoms with Crippen LogP contribution in [0.4, 0.5) is 43.9 Å². The summed E-state index contributed by atoms with van der Waals surface area (Å²) in [5.41, 5.74) is -9.03. The van der Waals surface area contributed by atoms with E-state index < -0.39 is 53.4 Å². The summed E-state index contributed by atoms with van der Waals surface area (Å²) in [6.45, 7) is 0.677. The number of alkyl halides is 10. The predicted molar refractivity (Wildman–Crippen MR) is 88.9 cm³/mol. The highest BCUT2D eigenvalue weighted by molar-refractivity contribution is 5.74. The molecule has 0 amide bonds. The van der Waals surface area contributed by atoms with E-state index in [2.05, 4.69) is 4.74 Å². The molecule has 0 aliphatic rings. The van der Waals surface area contributed by atoms with Gasteiger partial charge in [0.2, 0.25) is 0 Å². The lowest BCUT2D eigenvalue weighted by Gasteiger charge is -2.33. The minimum atomic E-state index is -6.38. The zero-order valence-corrected chi connectivity index (χ0v) is 15.8. The van der Waals surface area contributed by atoms with E-state index in [1.54, 1.807) is 0 Å². The Morgan fingerprint density at radius 3 is 1.71 bits per heavy atom. The molecule has 0 aliphatic carbocycles. The van der Waals surface area contributed by atoms with Crippen molar-refractivity contribution in [1.29, 1.82) is 0 Å². The third-order valence-electron chi connectivity index (χ3n) is 4.19. The fraction of sp³-hybridized carbons (Fsp3) is 0.368. The first-order valence-electron chi connectivity index (χ1n) is 8.32. The number of methoxy groups -OCH3 is 1. The van der Waals surface area contributed by atoms with Crippen molar-refractivity contribution in [3.05, 3.63) is 53.1 Å². The number of halogens is 10. The third-order valence-corrected chi connectivity index (χ3v) is 4.19. The minimum Gasteiger partial charge on any atom is -0.406 e. The monoisotopic (exact) mass is 464 g/mol. The molecule has 2 aromatic carbocycles. The number of rotatable bonds is 5. The van der Waals surface area contributed by atoms with Gasteiger partial charge in [0.05, 0.1) is 6.61 Å². The smallest absolute Gasteiger partial charge is 0.406 e. The normalized spacial score (nSPS) is 13.4. The third kappa shape index (κ3) is 5.05. The molecule has 12 heteroatoms. The largest absolute Gasteiger partial charge is 0.573 e. The van der Waals surface area contributed by atoms with Gasteiger partial charge in [-0.05, 0) is 35.7 Å². The molecule has 0 spiro atoms. The Bertz CT molecular complexity index is 898. The molecule has 0 bridgehead atoms. The number of benzene rings is 2. The van der Waals surface area contributed by atoms with Crippen LogP contribution in [0.25, 0.3) is 11.1 Å². The SMILES string of the molecule is COCc1cc(C)cc(C(F)(C(F)(F)F)C(F)(F)F)c1-c1ccc(OC(F)(F)F)cc1. The first-order chi connectivity index (χ1) is 14.0. The van der Waals surface area contributed by atoms with Crippen LogP contribution >= 0.6 is 0 Å². The molecule has 2 nitrogen and oxygen atoms in total. The van der Waals surface area contributed by atoms with Crippen LogP contribution < -0.4 is 4.74 Å². The topological polar surface area (TPSA) is 18.5 Å². The van der Waals surface area contributed by atoms with E-state index in [-0.39, 0.29) is 11.1 Å². The van der Waals surface area contributed by atoms with Gasteiger partial charge >= 0.3 is 24.4 Å². The first kappa shape index (κ1) is 24.8. The Morgan fingerprint density at radius 1 is 0.774 bits per heavy atom. The van der Waals surface area contributed by atoms with Gasteiger partial charge in [0.25, 0.3) is 0 Å². The molecule has 0 N–H and O–H groups in total. The second-order valence-corrected chi connectivity index (χ2v) is 6.51. The molecule has 0 fully saturated rings. The van der Waals surface area contributed by atoms with E-state index in [0.717, 1.165) is 19.2 Å². The molecular formula is C19H14F10O2. The van der Waals surface area contributed by atoms with Crippen LogP contribution in [0.3, 0.4) is 0 Å². The molecule has 0 saturated carbocycles. The Morgan fingerprint density at radius 2 is 1.29 bits per heavy atom. The maximum Gasteiger partial charge on any atom is 0.573 e. The molecule has 0 unspecified atom stereocenters. The van der Waals surface area contributed by atoms with E-state index in [1.165, 1.54) is 13.0 Å². The predicted octanol–water partition coefficient (Wildman–Crippen LogP) is 7.00. The fourth-order valence-corrected chi connectivity index (χ4v) is 3.03. The molecule has 31 heavy (non-hydrogen) atoms. The lowest BCUT2D eigenvalue weighted by Crippen LogP contribution is -2.50. The summed E-state index contributed by atoms with van der Waals surface area (Å²) in [4.78, 5) is 0. The van der Waals surface area contributed by atoms with Crippen LogP contribution in [0.15, 0.2) is 36.4 Å². The molecule has 0 aliphatic heterocycles. The maximum absolute atomic E-state index is 14.9. The van der Waals surface area contributed by atoms with Crippen molar-refractivity contribution in [3.63, 3.8) is 0 Å². The molecule has 172 valence electrons. The van der Waals surface area contributed by atoms with Gasteiger partial charge in [0.1, 0.15) is 5.75 Å². The van der Waals surface area contributed by atoms with Gasteiger partial charge in [-0.2, -0.15) is 26.3 Å². The summed E-state index contributed by atoms with van der Waals surface area (Å²) < 4.78 is 141. The molecule has 2 rings (SSSR count). The highest BCUT2D eigenvalue weighted by atomic mass is 19.4. The number of aryl methyl sites for hydroxylation is 1. The van der Waals surface area contributed by atoms with Crippen molar-refractivity contribution in [2.75, 3.05) is 7.11 Å². The van der Waals surface area contributed by atoms with Gasteiger partial charge < -0.3 is 9.47 Å². The zero-order valence-electron chi connectivity index (χ0n) is 15.8. The molecule has 0 aromatic heterocycles. The molecule has 0 atom stereocenters. The second-order valence-electron chi connectivity index (χ2n) is 6.51. The summed E-state index contributed by atoms with van der Waals surface area (Å²) >= 11 is 0. The average Bonchev–Trinajstić information content (AvgIpc) is 2.58. The van der Waals surface area contributed by atoms with Crippen LogP contribution in [-0.4, -0.2) is 25.8 Å². The summed E-state index contributed by atoms with van der Waals surface area (Å²) in [5, 5.41) is 0. The highest BCUT2D eigenvalue weighted by Crippen LogP contribution is 2.56. The average molecular weight is 464 g/mol. The summed E-state index contributed by atoms with van der Waals surface area (Å²) in [5.74, 6) is -0.767. The van der Waals surface area contributed by atoms with Gasteiger partial charge in [-0.1, -0.05) is 29.8 Å². The zero-order chi connectivity index (χ0) is 23.8. The van der Waals surface area contributed by atoms with E-state index in [4.69, 9.17) is 4.74 Å². The Hall–Kier alpha value is -2.50. The standard InChI is InChI=1S/C19H14F10O2/c1-10-7-12(9-30-2)15(11-3-5-13(6-4-11)31-19(27,28)29)14(8-10)16(20,17(21,22)23)18(24,25)26/h3-8H,9H2,1-2H3. The molecule has 0 saturated heterocycles. The molecule has 0 radical (unpaired) electrons. The highest BCUT2D eigenvalue weighted by Gasteiger charge is 2.74. The van der Waals surface area contributed by atoms with Gasteiger partial charge in [0.15, 0.2) is 0 Å². The first-order valence-corrected chi connectivity index (χ1v) is 8.32. The van der Waals surface area contributed by atoms with E-state index >= 15 is 0 Å². The minimum absolute atomic E-state index is 0.113. The maximum atomic E-state index is 14.9. The summed E-state index contributed by atoms with van der Waals surface area (Å²) in [7, 11) is 1.11. The molecular weight excluding hydrogens is 450 g/mol. The summed E-state index contributed by atoms with van der Waals surface area (Å²) in [6, 6.07) is 4.54. The van der Waals surface area contributed by atoms with Crippen LogP contribution in [0.5, 0.6) is 5.75 Å². The van der Waals surface area contributed by atoms with Crippen LogP contribution in [-0.2, 0) is 17.0 Å². The van der Waals surface area contributed by atoms with Crippen LogP contribution in [0.1, 0.15) is 16.7 Å². The van der Waals surface area contributed by atoms with Gasteiger partial charge in [-0.15, -0.1) is 13.2 Å². The lowest BCUT2D eigenvalue weighted by molar-refractivity contribution is -0.348. The van der Waals surface area contributed by atoms with E-state index in [1.807, 2.05) is 0 Å². The van der Waals surface area contributed by atoms with Gasteiger partial charge in [0, 0.05) is 12.7 Å². The van der Waals surface area contributed by atoms with Crippen LogP contribution in [0, 0.1) is 6.92 Å². The van der Waals surface area contributed by atoms with Crippen molar-refractivity contribution < 1.29 is 53.4 Å². The Kier molecular flexibility index (Phi) is 6.56. The van der Waals surface area contributed by atoms with Crippen molar-refractivity contribution in [2.45, 2.75) is 37.9 Å². The quantitative estimate of drug-likeness (QED) is 0.444. The number of hydrogen-bond acceptors (Lipinski definition) is 2. The second kappa shape index (κ2) is 8.21. The Balaban J connectivity index is 2.83. The fourth-order valence-electron chi connectivity index (χ4n) is 3.03. The van der Waals surface area contributed by atoms with Crippen molar-refractivity contribution >= 4 is 0 Å². The number of ether oxygens (including phenoxy) is 2. The molecule has 0 heterocycles. The van der Waals surface area contributed by atoms with Crippen molar-refractivity contribution in [2.24, 2.45) is 0 Å². The number of hydrogen-bond donors (Lipinski definition) is 0. The van der Waals surface area contributed by atoms with E-state index in [9.17, 15) is 43.9 Å². The van der Waals surface area contributed by atoms with Gasteiger partial charge in [-0.25, -0.2) is 4.39 Å². The molecule has 2 aromatic rings. The summed E-state index contributed by atoms with van der Waals surface area (Å²) in [6.07, 6.45) is -17.8. The van der Waals surface area contributed by atoms with Crippen LogP contribution in [0.2, 0.25) is 0 Å². The van der Waals surface area contributed by atoms with E-state index in [0.29, 0.717) is 18.2 Å².